The molecule has 4 rings (SSSR count). The average molecular weight is 323 g/mol. The lowest BCUT2D eigenvalue weighted by atomic mass is 9.98. The summed E-state index contributed by atoms with van der Waals surface area (Å²) in [6.07, 6.45) is 2.31. The Morgan fingerprint density at radius 2 is 1.92 bits per heavy atom. The normalized spacial score (nSPS) is 18.5. The second-order valence-electron chi connectivity index (χ2n) is 6.62. The lowest BCUT2D eigenvalue weighted by Crippen LogP contribution is -2.20. The molecule has 1 aromatic heterocycles. The molecule has 0 spiro atoms. The van der Waals surface area contributed by atoms with Crippen LogP contribution in [0.3, 0.4) is 0 Å². The topological polar surface area (TPSA) is 62.4 Å². The van der Waals surface area contributed by atoms with E-state index >= 15 is 0 Å². The van der Waals surface area contributed by atoms with Gasteiger partial charge >= 0.3 is 0 Å². The van der Waals surface area contributed by atoms with Gasteiger partial charge in [0.25, 0.3) is 0 Å². The summed E-state index contributed by atoms with van der Waals surface area (Å²) in [6.45, 7) is 3.22. The molecule has 0 saturated carbocycles. The first-order chi connectivity index (χ1) is 11.8. The molecule has 0 bridgehead atoms. The van der Waals surface area contributed by atoms with Gasteiger partial charge in [-0.15, -0.1) is 0 Å². The zero-order valence-corrected chi connectivity index (χ0v) is 13.6. The summed E-state index contributed by atoms with van der Waals surface area (Å²) >= 11 is 0. The zero-order valence-electron chi connectivity index (χ0n) is 13.6. The molecule has 1 fully saturated rings. The Bertz CT molecular complexity index is 813. The van der Waals surface area contributed by atoms with Gasteiger partial charge in [-0.2, -0.15) is 0 Å². The number of aromatic nitrogens is 2. The van der Waals surface area contributed by atoms with Crippen LogP contribution in [0, 0.1) is 5.92 Å². The van der Waals surface area contributed by atoms with Crippen molar-refractivity contribution in [2.45, 2.75) is 26.0 Å². The maximum Gasteiger partial charge on any atom is 0.139 e. The van der Waals surface area contributed by atoms with E-state index in [0.29, 0.717) is 5.92 Å². The Hall–Kier alpha value is -2.24. The third-order valence-electron chi connectivity index (χ3n) is 4.86. The van der Waals surface area contributed by atoms with Crippen LogP contribution < -0.4 is 0 Å². The molecule has 1 atom stereocenters. The highest BCUT2D eigenvalue weighted by Crippen LogP contribution is 2.24. The smallest absolute Gasteiger partial charge is 0.139 e. The number of fused-ring (bicyclic) bond motifs is 1. The molecular formula is C19H21N3O2. The molecule has 1 aliphatic heterocycles. The Morgan fingerprint density at radius 1 is 1.08 bits per heavy atom. The number of nitrogens with zero attached hydrogens (tertiary/aromatic N) is 3. The second-order valence-corrected chi connectivity index (χ2v) is 6.62. The van der Waals surface area contributed by atoms with E-state index in [4.69, 9.17) is 9.74 Å². The number of hydrogen-bond acceptors (Lipinski definition) is 5. The summed E-state index contributed by atoms with van der Waals surface area (Å²) in [7, 11) is 0. The Kier molecular flexibility index (Phi) is 4.28. The van der Waals surface area contributed by atoms with Crippen molar-refractivity contribution in [3.05, 3.63) is 59.2 Å². The first-order valence-electron chi connectivity index (χ1n) is 8.43. The molecule has 0 radical (unpaired) electrons. The maximum absolute atomic E-state index is 9.12. The van der Waals surface area contributed by atoms with Gasteiger partial charge in [-0.3, -0.25) is 4.90 Å². The van der Waals surface area contributed by atoms with Crippen LogP contribution in [0.2, 0.25) is 0 Å². The van der Waals surface area contributed by atoms with Gasteiger partial charge < -0.3 is 5.11 Å². The molecular weight excluding hydrogens is 302 g/mol. The SMILES string of the molecule is OCc1ccc(CC2CCN(Cc3cccc4nonc34)C2)cc1. The van der Waals surface area contributed by atoms with Crippen LogP contribution in [-0.4, -0.2) is 33.4 Å². The fourth-order valence-corrected chi connectivity index (χ4v) is 3.57. The van der Waals surface area contributed by atoms with Crippen molar-refractivity contribution in [3.8, 4) is 0 Å². The molecule has 1 unspecified atom stereocenters. The van der Waals surface area contributed by atoms with Crippen molar-refractivity contribution >= 4 is 11.0 Å². The summed E-state index contributed by atoms with van der Waals surface area (Å²) < 4.78 is 4.85. The van der Waals surface area contributed by atoms with Gasteiger partial charge in [0, 0.05) is 13.1 Å². The molecule has 1 saturated heterocycles. The molecule has 1 aliphatic rings. The van der Waals surface area contributed by atoms with Crippen LogP contribution in [-0.2, 0) is 19.6 Å². The number of aliphatic hydroxyl groups is 1. The van der Waals surface area contributed by atoms with Crippen molar-refractivity contribution in [3.63, 3.8) is 0 Å². The molecule has 2 heterocycles. The summed E-state index contributed by atoms with van der Waals surface area (Å²) in [5.74, 6) is 0.680. The minimum atomic E-state index is 0.111. The van der Waals surface area contributed by atoms with E-state index in [1.807, 2.05) is 24.3 Å². The standard InChI is InChI=1S/C19H21N3O2/c23-13-15-6-4-14(5-7-15)10-16-8-9-22(11-16)12-17-2-1-3-18-19(17)21-24-20-18/h1-7,16,23H,8-13H2. The van der Waals surface area contributed by atoms with Crippen LogP contribution in [0.15, 0.2) is 47.1 Å². The molecule has 1 N–H and O–H groups in total. The van der Waals surface area contributed by atoms with Gasteiger partial charge in [-0.1, -0.05) is 36.4 Å². The highest BCUT2D eigenvalue weighted by molar-refractivity contribution is 5.76. The Labute approximate surface area is 140 Å². The Balaban J connectivity index is 1.38. The van der Waals surface area contributed by atoms with Gasteiger partial charge in [0.1, 0.15) is 11.0 Å². The number of aliphatic hydroxyl groups excluding tert-OH is 1. The molecule has 124 valence electrons. The van der Waals surface area contributed by atoms with Crippen molar-refractivity contribution in [1.82, 2.24) is 15.2 Å². The van der Waals surface area contributed by atoms with Crippen LogP contribution in [0.1, 0.15) is 23.1 Å². The molecule has 3 aromatic rings. The summed E-state index contributed by atoms with van der Waals surface area (Å²) in [5.41, 5.74) is 5.21. The lowest BCUT2D eigenvalue weighted by Gasteiger charge is -2.16. The predicted octanol–water partition coefficient (Wildman–Crippen LogP) is 2.78. The van der Waals surface area contributed by atoms with Gasteiger partial charge in [0.05, 0.1) is 6.61 Å². The molecule has 5 heteroatoms. The molecule has 2 aromatic carbocycles. The molecule has 0 amide bonds. The third kappa shape index (κ3) is 3.18. The average Bonchev–Trinajstić information content (AvgIpc) is 3.25. The fourth-order valence-electron chi connectivity index (χ4n) is 3.57. The number of likely N-dealkylation sites (tertiary alicyclic amines) is 1. The molecule has 24 heavy (non-hydrogen) atoms. The van der Waals surface area contributed by atoms with Gasteiger partial charge in [0.15, 0.2) is 0 Å². The first-order valence-corrected chi connectivity index (χ1v) is 8.43. The van der Waals surface area contributed by atoms with E-state index in [1.165, 1.54) is 17.5 Å². The minimum Gasteiger partial charge on any atom is -0.392 e. The van der Waals surface area contributed by atoms with Crippen LogP contribution >= 0.6 is 0 Å². The van der Waals surface area contributed by atoms with Gasteiger partial charge in [-0.05, 0) is 58.4 Å². The number of rotatable bonds is 5. The van der Waals surface area contributed by atoms with E-state index in [0.717, 1.165) is 42.7 Å². The maximum atomic E-state index is 9.12. The van der Waals surface area contributed by atoms with Crippen LogP contribution in [0.25, 0.3) is 11.0 Å². The van der Waals surface area contributed by atoms with Crippen molar-refractivity contribution in [2.75, 3.05) is 13.1 Å². The third-order valence-corrected chi connectivity index (χ3v) is 4.86. The number of hydrogen-bond donors (Lipinski definition) is 1. The van der Waals surface area contributed by atoms with Crippen LogP contribution in [0.4, 0.5) is 0 Å². The van der Waals surface area contributed by atoms with E-state index in [1.54, 1.807) is 0 Å². The largest absolute Gasteiger partial charge is 0.392 e. The summed E-state index contributed by atoms with van der Waals surface area (Å²) in [6, 6.07) is 14.3. The number of benzene rings is 2. The quantitative estimate of drug-likeness (QED) is 0.782. The van der Waals surface area contributed by atoms with E-state index in [9.17, 15) is 0 Å². The van der Waals surface area contributed by atoms with E-state index in [-0.39, 0.29) is 6.61 Å². The monoisotopic (exact) mass is 323 g/mol. The Morgan fingerprint density at radius 3 is 2.75 bits per heavy atom. The van der Waals surface area contributed by atoms with E-state index in [2.05, 4.69) is 33.4 Å². The van der Waals surface area contributed by atoms with E-state index < -0.39 is 0 Å². The summed E-state index contributed by atoms with van der Waals surface area (Å²) in [5, 5.41) is 17.1. The highest BCUT2D eigenvalue weighted by atomic mass is 16.6. The first kappa shape index (κ1) is 15.3. The predicted molar refractivity (Wildman–Crippen MR) is 91.3 cm³/mol. The second kappa shape index (κ2) is 6.71. The van der Waals surface area contributed by atoms with Gasteiger partial charge in [-0.25, -0.2) is 4.63 Å². The lowest BCUT2D eigenvalue weighted by molar-refractivity contribution is 0.282. The van der Waals surface area contributed by atoms with Crippen molar-refractivity contribution in [2.24, 2.45) is 5.92 Å². The highest BCUT2D eigenvalue weighted by Gasteiger charge is 2.23. The van der Waals surface area contributed by atoms with Crippen molar-refractivity contribution < 1.29 is 9.74 Å². The molecule has 0 aliphatic carbocycles. The van der Waals surface area contributed by atoms with Crippen molar-refractivity contribution in [1.29, 1.82) is 0 Å². The summed E-state index contributed by atoms with van der Waals surface area (Å²) in [4.78, 5) is 2.48. The minimum absolute atomic E-state index is 0.111. The molecule has 5 nitrogen and oxygen atoms in total. The fraction of sp³-hybridized carbons (Fsp3) is 0.368. The zero-order chi connectivity index (χ0) is 16.4. The van der Waals surface area contributed by atoms with Gasteiger partial charge in [0.2, 0.25) is 0 Å². The van der Waals surface area contributed by atoms with Crippen LogP contribution in [0.5, 0.6) is 0 Å².